The Balaban J connectivity index is 1.89. The molecule has 0 bridgehead atoms. The van der Waals surface area contributed by atoms with E-state index >= 15 is 0 Å². The van der Waals surface area contributed by atoms with Crippen molar-refractivity contribution in [2.75, 3.05) is 55.0 Å². The average molecular weight is 598 g/mol. The Labute approximate surface area is 254 Å². The van der Waals surface area contributed by atoms with Crippen LogP contribution in [0.5, 0.6) is 0 Å². The summed E-state index contributed by atoms with van der Waals surface area (Å²) < 4.78 is 24.6. The van der Waals surface area contributed by atoms with Crippen LogP contribution in [0.25, 0.3) is 0 Å². The van der Waals surface area contributed by atoms with E-state index in [1.807, 2.05) is 25.9 Å². The highest BCUT2D eigenvalue weighted by Gasteiger charge is 2.48. The molecule has 0 aromatic heterocycles. The van der Waals surface area contributed by atoms with Crippen LogP contribution in [0, 0.1) is 23.2 Å². The van der Waals surface area contributed by atoms with Gasteiger partial charge in [0.1, 0.15) is 18.1 Å². The van der Waals surface area contributed by atoms with E-state index in [1.54, 1.807) is 27.9 Å². The first kappa shape index (κ1) is 35.3. The van der Waals surface area contributed by atoms with Crippen molar-refractivity contribution < 1.29 is 33.6 Å². The van der Waals surface area contributed by atoms with Gasteiger partial charge in [0.25, 0.3) is 0 Å². The maximum absolute atomic E-state index is 14.0. The maximum Gasteiger partial charge on any atom is 0.319 e. The Hall–Kier alpha value is -1.14. The van der Waals surface area contributed by atoms with Crippen LogP contribution in [-0.2, 0) is 28.5 Å². The third-order valence-electron chi connectivity index (χ3n) is 10.3. The smallest absolute Gasteiger partial charge is 0.319 e. The molecule has 2 heterocycles. The van der Waals surface area contributed by atoms with E-state index in [0.717, 1.165) is 25.9 Å². The highest BCUT2D eigenvalue weighted by Crippen LogP contribution is 2.38. The molecule has 1 N–H and O–H groups in total. The molecule has 3 aliphatic rings. The van der Waals surface area contributed by atoms with Crippen molar-refractivity contribution >= 4 is 11.8 Å². The molecule has 0 aromatic carbocycles. The van der Waals surface area contributed by atoms with Gasteiger partial charge in [0.05, 0.1) is 18.3 Å². The van der Waals surface area contributed by atoms with Gasteiger partial charge in [-0.3, -0.25) is 14.5 Å². The molecular formula is C32H59N3O7. The molecule has 3 rings (SSSR count). The number of likely N-dealkylation sites (N-methyl/N-ethyl adjacent to an activating group) is 2. The van der Waals surface area contributed by atoms with Crippen molar-refractivity contribution in [1.82, 2.24) is 14.7 Å². The number of Topliss-reactive ketones (excluding diaryl/α,β-unsaturated/α-hetero) is 1. The fourth-order valence-corrected chi connectivity index (χ4v) is 7.15. The zero-order valence-corrected chi connectivity index (χ0v) is 28.0. The summed E-state index contributed by atoms with van der Waals surface area (Å²) >= 11 is 0. The molecule has 0 amide bonds. The fourth-order valence-electron chi connectivity index (χ4n) is 7.15. The first-order valence-electron chi connectivity index (χ1n) is 15.9. The standard InChI is InChI=1S/C32H59N3O7/c1-12-34(9)23-15-22(16-23)25-18-40-31(38)32(5,6)29(37)21(4)28(26(39-11)13-19(2)17-35(25)10)42-30-27(36)24(33(7)8)14-20(3)41-30/h19-28,30,36H,12-18H2,1-11H3/t19-,20-,21-,22-,23-,24+,25+,26-,27-,28-,30+/m1/s1. The normalized spacial score (nSPS) is 41.0. The summed E-state index contributed by atoms with van der Waals surface area (Å²) in [6.45, 7) is 13.4. The van der Waals surface area contributed by atoms with E-state index < -0.39 is 41.9 Å². The second-order valence-corrected chi connectivity index (χ2v) is 14.1. The van der Waals surface area contributed by atoms with Crippen LogP contribution in [0.15, 0.2) is 0 Å². The lowest BCUT2D eigenvalue weighted by Gasteiger charge is -2.47. The predicted octanol–water partition coefficient (Wildman–Crippen LogP) is 2.66. The van der Waals surface area contributed by atoms with Gasteiger partial charge in [0, 0.05) is 37.7 Å². The molecule has 244 valence electrons. The van der Waals surface area contributed by atoms with E-state index in [2.05, 4.69) is 37.7 Å². The Morgan fingerprint density at radius 3 is 2.29 bits per heavy atom. The molecule has 0 unspecified atom stereocenters. The van der Waals surface area contributed by atoms with Crippen molar-refractivity contribution in [3.63, 3.8) is 0 Å². The molecule has 0 radical (unpaired) electrons. The fraction of sp³-hybridized carbons (Fsp3) is 0.938. The lowest BCUT2D eigenvalue weighted by atomic mass is 9.74. The third-order valence-corrected chi connectivity index (χ3v) is 10.3. The Morgan fingerprint density at radius 1 is 1.07 bits per heavy atom. The van der Waals surface area contributed by atoms with Crippen molar-refractivity contribution in [1.29, 1.82) is 0 Å². The number of nitrogens with zero attached hydrogens (tertiary/aromatic N) is 3. The van der Waals surface area contributed by atoms with Crippen LogP contribution in [0.1, 0.15) is 67.2 Å². The van der Waals surface area contributed by atoms with Crippen molar-refractivity contribution in [3.8, 4) is 0 Å². The first-order chi connectivity index (χ1) is 19.6. The molecule has 10 nitrogen and oxygen atoms in total. The van der Waals surface area contributed by atoms with E-state index in [0.29, 0.717) is 24.8 Å². The second-order valence-electron chi connectivity index (χ2n) is 14.1. The summed E-state index contributed by atoms with van der Waals surface area (Å²) in [5.74, 6) is -0.869. The quantitative estimate of drug-likeness (QED) is 0.348. The topological polar surface area (TPSA) is 101 Å². The number of aliphatic hydroxyl groups excluding tert-OH is 1. The summed E-state index contributed by atoms with van der Waals surface area (Å²) in [6, 6.07) is 0.470. The third kappa shape index (κ3) is 7.92. The zero-order chi connectivity index (χ0) is 31.5. The van der Waals surface area contributed by atoms with Gasteiger partial charge in [-0.2, -0.15) is 0 Å². The number of methoxy groups -OCH3 is 1. The minimum Gasteiger partial charge on any atom is -0.463 e. The summed E-state index contributed by atoms with van der Waals surface area (Å²) in [6.07, 6.45) is 0.300. The lowest BCUT2D eigenvalue weighted by molar-refractivity contribution is -0.284. The van der Waals surface area contributed by atoms with Crippen LogP contribution in [0.4, 0.5) is 0 Å². The largest absolute Gasteiger partial charge is 0.463 e. The van der Waals surface area contributed by atoms with Gasteiger partial charge < -0.3 is 33.9 Å². The van der Waals surface area contributed by atoms with Gasteiger partial charge in [0.15, 0.2) is 12.1 Å². The van der Waals surface area contributed by atoms with Crippen LogP contribution >= 0.6 is 0 Å². The van der Waals surface area contributed by atoms with E-state index in [9.17, 15) is 14.7 Å². The maximum atomic E-state index is 14.0. The zero-order valence-electron chi connectivity index (χ0n) is 28.0. The van der Waals surface area contributed by atoms with Gasteiger partial charge in [0.2, 0.25) is 0 Å². The van der Waals surface area contributed by atoms with Crippen molar-refractivity contribution in [3.05, 3.63) is 0 Å². The number of hydrogen-bond acceptors (Lipinski definition) is 10. The molecule has 2 aliphatic heterocycles. The molecule has 42 heavy (non-hydrogen) atoms. The number of hydrogen-bond donors (Lipinski definition) is 1. The Morgan fingerprint density at radius 2 is 1.71 bits per heavy atom. The van der Waals surface area contributed by atoms with Gasteiger partial charge in [-0.05, 0) is 93.0 Å². The number of ketones is 1. The second kappa shape index (κ2) is 14.8. The highest BCUT2D eigenvalue weighted by molar-refractivity contribution is 6.04. The Bertz CT molecular complexity index is 895. The molecule has 2 saturated heterocycles. The molecule has 0 spiro atoms. The van der Waals surface area contributed by atoms with Gasteiger partial charge in [-0.1, -0.05) is 20.8 Å². The Kier molecular flexibility index (Phi) is 12.4. The molecule has 10 heteroatoms. The van der Waals surface area contributed by atoms with Crippen LogP contribution < -0.4 is 0 Å². The average Bonchev–Trinajstić information content (AvgIpc) is 2.91. The van der Waals surface area contributed by atoms with E-state index in [1.165, 1.54) is 0 Å². The monoisotopic (exact) mass is 597 g/mol. The lowest BCUT2D eigenvalue weighted by Crippen LogP contribution is -2.57. The van der Waals surface area contributed by atoms with Crippen molar-refractivity contribution in [2.45, 2.75) is 116 Å². The van der Waals surface area contributed by atoms with Gasteiger partial charge in [-0.25, -0.2) is 0 Å². The molecule has 1 aliphatic carbocycles. The highest BCUT2D eigenvalue weighted by atomic mass is 16.7. The predicted molar refractivity (Wildman–Crippen MR) is 162 cm³/mol. The summed E-state index contributed by atoms with van der Waals surface area (Å²) in [5, 5.41) is 11.2. The number of esters is 1. The minimum absolute atomic E-state index is 0.0743. The first-order valence-corrected chi connectivity index (χ1v) is 15.9. The summed E-state index contributed by atoms with van der Waals surface area (Å²) in [7, 11) is 9.76. The number of aliphatic hydroxyl groups is 1. The SMILES string of the molecule is CCN(C)[C@H]1C[C@H]([C@@H]2COC(=O)C(C)(C)C(=O)[C@H](C)[C@@H](O[C@@H]3O[C@H](C)C[C@H](N(C)C)[C@H]3O)[C@H](OC)C[C@@H](C)CN2C)C1. The molecular weight excluding hydrogens is 538 g/mol. The number of ether oxygens (including phenoxy) is 4. The van der Waals surface area contributed by atoms with Crippen molar-refractivity contribution in [2.24, 2.45) is 23.2 Å². The summed E-state index contributed by atoms with van der Waals surface area (Å²) in [4.78, 5) is 34.2. The number of carbonyl (C=O) groups is 2. The van der Waals surface area contributed by atoms with E-state index in [-0.39, 0.29) is 36.5 Å². The minimum atomic E-state index is -1.38. The number of rotatable bonds is 7. The number of carbonyl (C=O) groups excluding carboxylic acids is 2. The molecule has 9 atom stereocenters. The molecule has 1 saturated carbocycles. The van der Waals surface area contributed by atoms with E-state index in [4.69, 9.17) is 18.9 Å². The van der Waals surface area contributed by atoms with Crippen LogP contribution in [0.2, 0.25) is 0 Å². The number of cyclic esters (lactones) is 1. The van der Waals surface area contributed by atoms with Crippen LogP contribution in [-0.4, -0.2) is 135 Å². The molecule has 0 aromatic rings. The van der Waals surface area contributed by atoms with Crippen LogP contribution in [0.3, 0.4) is 0 Å². The van der Waals surface area contributed by atoms with Gasteiger partial charge in [-0.15, -0.1) is 0 Å². The summed E-state index contributed by atoms with van der Waals surface area (Å²) in [5.41, 5.74) is -1.38. The van der Waals surface area contributed by atoms with Gasteiger partial charge >= 0.3 is 5.97 Å². The molecule has 3 fully saturated rings.